The molecule has 1 atom stereocenters. The van der Waals surface area contributed by atoms with Crippen LogP contribution in [0.4, 0.5) is 0 Å². The third-order valence-corrected chi connectivity index (χ3v) is 4.48. The molecule has 1 aromatic heterocycles. The van der Waals surface area contributed by atoms with Gasteiger partial charge in [0.2, 0.25) is 0 Å². The van der Waals surface area contributed by atoms with Crippen molar-refractivity contribution >= 4 is 23.2 Å². The van der Waals surface area contributed by atoms with Crippen molar-refractivity contribution in [2.24, 2.45) is 11.7 Å². The maximum absolute atomic E-state index is 12.0. The van der Waals surface area contributed by atoms with E-state index in [9.17, 15) is 9.59 Å². The van der Waals surface area contributed by atoms with Gasteiger partial charge in [0, 0.05) is 4.88 Å². The van der Waals surface area contributed by atoms with Crippen LogP contribution in [0.15, 0.2) is 0 Å². The van der Waals surface area contributed by atoms with Crippen LogP contribution in [-0.2, 0) is 17.6 Å². The van der Waals surface area contributed by atoms with Gasteiger partial charge in [-0.3, -0.25) is 4.79 Å². The van der Waals surface area contributed by atoms with E-state index in [4.69, 9.17) is 10.5 Å². The van der Waals surface area contributed by atoms with Crippen molar-refractivity contribution in [2.45, 2.75) is 33.1 Å². The second kappa shape index (κ2) is 5.10. The largest absolute Gasteiger partial charge is 0.462 e. The van der Waals surface area contributed by atoms with Gasteiger partial charge >= 0.3 is 5.97 Å². The molecule has 2 N–H and O–H groups in total. The molecular formula is C13H17NO3S. The van der Waals surface area contributed by atoms with Crippen molar-refractivity contribution in [3.63, 3.8) is 0 Å². The normalized spacial score (nSPS) is 18.2. The number of hydrogen-bond donors (Lipinski definition) is 1. The lowest BCUT2D eigenvalue weighted by Crippen LogP contribution is -2.17. The third-order valence-electron chi connectivity index (χ3n) is 3.22. The summed E-state index contributed by atoms with van der Waals surface area (Å²) in [5.41, 5.74) is 6.75. The number of thiophene rings is 1. The molecule has 1 aliphatic carbocycles. The van der Waals surface area contributed by atoms with Crippen molar-refractivity contribution in [1.29, 1.82) is 0 Å². The lowest BCUT2D eigenvalue weighted by Gasteiger charge is -2.18. The van der Waals surface area contributed by atoms with Gasteiger partial charge in [-0.2, -0.15) is 0 Å². The highest BCUT2D eigenvalue weighted by atomic mass is 32.1. The Bertz CT molecular complexity index is 493. The fraction of sp³-hybridized carbons (Fsp3) is 0.538. The smallest absolute Gasteiger partial charge is 0.340 e. The van der Waals surface area contributed by atoms with E-state index < -0.39 is 11.9 Å². The second-order valence-electron chi connectivity index (χ2n) is 4.64. The minimum atomic E-state index is -0.537. The Morgan fingerprint density at radius 1 is 1.50 bits per heavy atom. The molecule has 0 fully saturated rings. The highest BCUT2D eigenvalue weighted by Gasteiger charge is 2.30. The molecule has 5 heteroatoms. The molecule has 1 aromatic rings. The van der Waals surface area contributed by atoms with Gasteiger partial charge in [0.1, 0.15) is 4.88 Å². The predicted octanol–water partition coefficient (Wildman–Crippen LogP) is 2.15. The summed E-state index contributed by atoms with van der Waals surface area (Å²) < 4.78 is 5.03. The highest BCUT2D eigenvalue weighted by molar-refractivity contribution is 7.14. The minimum absolute atomic E-state index is 0.304. The van der Waals surface area contributed by atoms with Gasteiger partial charge in [-0.05, 0) is 37.7 Å². The Morgan fingerprint density at radius 2 is 2.22 bits per heavy atom. The monoisotopic (exact) mass is 267 g/mol. The quantitative estimate of drug-likeness (QED) is 0.853. The molecule has 1 unspecified atom stereocenters. The number of esters is 1. The zero-order valence-electron chi connectivity index (χ0n) is 10.6. The number of carbonyl (C=O) groups is 2. The standard InChI is InChI=1S/C13H17NO3S/c1-3-17-13(16)10-8-5-4-7(2)6-9(8)18-11(10)12(14)15/h7H,3-6H2,1-2H3,(H2,14,15). The van der Waals surface area contributed by atoms with Crippen molar-refractivity contribution < 1.29 is 14.3 Å². The molecule has 0 saturated carbocycles. The first-order valence-electron chi connectivity index (χ1n) is 6.16. The molecule has 0 aromatic carbocycles. The van der Waals surface area contributed by atoms with Crippen LogP contribution in [0, 0.1) is 5.92 Å². The van der Waals surface area contributed by atoms with E-state index in [0.29, 0.717) is 23.0 Å². The van der Waals surface area contributed by atoms with Crippen LogP contribution in [0.2, 0.25) is 0 Å². The van der Waals surface area contributed by atoms with Gasteiger partial charge in [0.05, 0.1) is 12.2 Å². The van der Waals surface area contributed by atoms with E-state index >= 15 is 0 Å². The lowest BCUT2D eigenvalue weighted by atomic mass is 9.88. The fourth-order valence-electron chi connectivity index (χ4n) is 2.34. The van der Waals surface area contributed by atoms with Crippen molar-refractivity contribution in [3.05, 3.63) is 20.9 Å². The average molecular weight is 267 g/mol. The topological polar surface area (TPSA) is 69.4 Å². The van der Waals surface area contributed by atoms with Crippen LogP contribution >= 0.6 is 11.3 Å². The molecule has 0 radical (unpaired) electrons. The van der Waals surface area contributed by atoms with Crippen LogP contribution in [0.25, 0.3) is 0 Å². The van der Waals surface area contributed by atoms with Crippen molar-refractivity contribution in [1.82, 2.24) is 0 Å². The first-order valence-corrected chi connectivity index (χ1v) is 6.97. The Labute approximate surface area is 110 Å². The number of ether oxygens (including phenoxy) is 1. The molecule has 0 aliphatic heterocycles. The maximum Gasteiger partial charge on any atom is 0.340 e. The third kappa shape index (κ3) is 2.27. The first kappa shape index (κ1) is 13.1. The molecular weight excluding hydrogens is 250 g/mol. The first-order chi connectivity index (χ1) is 8.54. The maximum atomic E-state index is 12.0. The number of hydrogen-bond acceptors (Lipinski definition) is 4. The second-order valence-corrected chi connectivity index (χ2v) is 5.75. The van der Waals surface area contributed by atoms with Crippen LogP contribution in [0.3, 0.4) is 0 Å². The van der Waals surface area contributed by atoms with Gasteiger partial charge in [-0.1, -0.05) is 6.92 Å². The summed E-state index contributed by atoms with van der Waals surface area (Å²) in [4.78, 5) is 24.9. The summed E-state index contributed by atoms with van der Waals surface area (Å²) in [7, 11) is 0. The molecule has 1 aliphatic rings. The summed E-state index contributed by atoms with van der Waals surface area (Å²) in [5.74, 6) is -0.365. The number of primary amides is 1. The summed E-state index contributed by atoms with van der Waals surface area (Å²) >= 11 is 1.35. The van der Waals surface area contributed by atoms with Gasteiger partial charge in [-0.15, -0.1) is 11.3 Å². The Morgan fingerprint density at radius 3 is 2.83 bits per heavy atom. The molecule has 0 bridgehead atoms. The summed E-state index contributed by atoms with van der Waals surface area (Å²) in [6.45, 7) is 4.23. The predicted molar refractivity (Wildman–Crippen MR) is 70.0 cm³/mol. The molecule has 98 valence electrons. The SMILES string of the molecule is CCOC(=O)c1c(C(N)=O)sc2c1CCC(C)C2. The zero-order chi connectivity index (χ0) is 13.3. The van der Waals surface area contributed by atoms with E-state index in [1.807, 2.05) is 0 Å². The molecule has 0 saturated heterocycles. The van der Waals surface area contributed by atoms with Crippen molar-refractivity contribution in [2.75, 3.05) is 6.61 Å². The molecule has 4 nitrogen and oxygen atoms in total. The number of carbonyl (C=O) groups excluding carboxylic acids is 2. The van der Waals surface area contributed by atoms with E-state index in [1.165, 1.54) is 11.3 Å². The molecule has 18 heavy (non-hydrogen) atoms. The number of fused-ring (bicyclic) bond motifs is 1. The number of nitrogens with two attached hydrogens (primary N) is 1. The lowest BCUT2D eigenvalue weighted by molar-refractivity contribution is 0.0522. The Kier molecular flexibility index (Phi) is 3.71. The number of amides is 1. The average Bonchev–Trinajstić information content (AvgIpc) is 2.67. The minimum Gasteiger partial charge on any atom is -0.462 e. The highest BCUT2D eigenvalue weighted by Crippen LogP contribution is 2.36. The van der Waals surface area contributed by atoms with E-state index in [0.717, 1.165) is 29.7 Å². The fourth-order valence-corrected chi connectivity index (χ4v) is 3.69. The molecule has 1 amide bonds. The summed E-state index contributed by atoms with van der Waals surface area (Å²) in [6.07, 6.45) is 2.78. The van der Waals surface area contributed by atoms with Gasteiger partial charge in [0.15, 0.2) is 0 Å². The van der Waals surface area contributed by atoms with E-state index in [-0.39, 0.29) is 0 Å². The molecule has 1 heterocycles. The van der Waals surface area contributed by atoms with Gasteiger partial charge < -0.3 is 10.5 Å². The Balaban J connectivity index is 2.48. The van der Waals surface area contributed by atoms with Crippen LogP contribution in [0.5, 0.6) is 0 Å². The zero-order valence-corrected chi connectivity index (χ0v) is 11.4. The van der Waals surface area contributed by atoms with Gasteiger partial charge in [-0.25, -0.2) is 4.79 Å². The summed E-state index contributed by atoms with van der Waals surface area (Å²) in [6, 6.07) is 0. The molecule has 2 rings (SSSR count). The number of rotatable bonds is 3. The van der Waals surface area contributed by atoms with Crippen LogP contribution in [-0.4, -0.2) is 18.5 Å². The van der Waals surface area contributed by atoms with E-state index in [2.05, 4.69) is 6.92 Å². The van der Waals surface area contributed by atoms with E-state index in [1.54, 1.807) is 6.92 Å². The summed E-state index contributed by atoms with van der Waals surface area (Å²) in [5, 5.41) is 0. The van der Waals surface area contributed by atoms with Crippen LogP contribution in [0.1, 0.15) is 50.7 Å². The Hall–Kier alpha value is -1.36. The van der Waals surface area contributed by atoms with Crippen LogP contribution < -0.4 is 5.73 Å². The molecule has 0 spiro atoms. The van der Waals surface area contributed by atoms with Crippen molar-refractivity contribution in [3.8, 4) is 0 Å². The van der Waals surface area contributed by atoms with Gasteiger partial charge in [0.25, 0.3) is 5.91 Å².